The second kappa shape index (κ2) is 3.69. The molecule has 2 N–H and O–H groups in total. The number of aromatic nitrogens is 2. The summed E-state index contributed by atoms with van der Waals surface area (Å²) in [6, 6.07) is -0.128. The van der Waals surface area contributed by atoms with E-state index in [0.29, 0.717) is 17.7 Å². The van der Waals surface area contributed by atoms with Crippen molar-refractivity contribution >= 4 is 0 Å². The Balaban J connectivity index is 2.08. The van der Waals surface area contributed by atoms with Crippen LogP contribution in [-0.2, 0) is 0 Å². The molecule has 4 nitrogen and oxygen atoms in total. The zero-order valence-corrected chi connectivity index (χ0v) is 8.73. The summed E-state index contributed by atoms with van der Waals surface area (Å²) in [5.74, 6) is 2.29. The van der Waals surface area contributed by atoms with Crippen molar-refractivity contribution in [3.8, 4) is 0 Å². The number of hydrogen-bond donors (Lipinski definition) is 1. The molecule has 2 rings (SSSR count). The predicted octanol–water partition coefficient (Wildman–Crippen LogP) is 1.99. The third-order valence-corrected chi connectivity index (χ3v) is 2.93. The van der Waals surface area contributed by atoms with Gasteiger partial charge in [0, 0.05) is 5.92 Å². The molecular formula is C10H17N3O. The van der Waals surface area contributed by atoms with Crippen LogP contribution >= 0.6 is 0 Å². The van der Waals surface area contributed by atoms with E-state index in [4.69, 9.17) is 10.3 Å². The topological polar surface area (TPSA) is 64.9 Å². The molecule has 0 saturated heterocycles. The molecule has 0 spiro atoms. The van der Waals surface area contributed by atoms with Crippen LogP contribution in [0.25, 0.3) is 0 Å². The molecule has 14 heavy (non-hydrogen) atoms. The van der Waals surface area contributed by atoms with Gasteiger partial charge in [0.15, 0.2) is 5.82 Å². The lowest BCUT2D eigenvalue weighted by Crippen LogP contribution is -2.17. The standard InChI is InChI=1S/C10H17N3O/c1-6(2)8(11)10-12-9(13-14-10)7-4-3-5-7/h6-8H,3-5,11H2,1-2H3/t8-/m1/s1. The zero-order valence-electron chi connectivity index (χ0n) is 8.73. The van der Waals surface area contributed by atoms with Crippen molar-refractivity contribution < 1.29 is 4.52 Å². The van der Waals surface area contributed by atoms with Gasteiger partial charge in [-0.3, -0.25) is 0 Å². The third kappa shape index (κ3) is 1.66. The molecule has 0 unspecified atom stereocenters. The average molecular weight is 195 g/mol. The normalized spacial score (nSPS) is 19.7. The van der Waals surface area contributed by atoms with Gasteiger partial charge in [-0.2, -0.15) is 4.98 Å². The van der Waals surface area contributed by atoms with Crippen LogP contribution in [0.2, 0.25) is 0 Å². The molecule has 78 valence electrons. The Morgan fingerprint density at radius 2 is 2.14 bits per heavy atom. The highest BCUT2D eigenvalue weighted by Crippen LogP contribution is 2.35. The molecule has 1 saturated carbocycles. The average Bonchev–Trinajstić information content (AvgIpc) is 2.48. The van der Waals surface area contributed by atoms with Crippen molar-refractivity contribution in [3.05, 3.63) is 11.7 Å². The van der Waals surface area contributed by atoms with E-state index in [1.165, 1.54) is 19.3 Å². The largest absolute Gasteiger partial charge is 0.338 e. The van der Waals surface area contributed by atoms with E-state index in [2.05, 4.69) is 24.0 Å². The molecule has 4 heteroatoms. The van der Waals surface area contributed by atoms with Crippen LogP contribution in [0.15, 0.2) is 4.52 Å². The van der Waals surface area contributed by atoms with E-state index in [1.807, 2.05) is 0 Å². The van der Waals surface area contributed by atoms with Gasteiger partial charge in [-0.25, -0.2) is 0 Å². The summed E-state index contributed by atoms with van der Waals surface area (Å²) in [5, 5.41) is 3.98. The van der Waals surface area contributed by atoms with Crippen LogP contribution in [0, 0.1) is 5.92 Å². The Hall–Kier alpha value is -0.900. The van der Waals surface area contributed by atoms with Gasteiger partial charge in [0.05, 0.1) is 6.04 Å². The molecule has 1 heterocycles. The monoisotopic (exact) mass is 195 g/mol. The van der Waals surface area contributed by atoms with Gasteiger partial charge in [-0.1, -0.05) is 25.4 Å². The first-order valence-corrected chi connectivity index (χ1v) is 5.27. The van der Waals surface area contributed by atoms with Gasteiger partial charge in [0.1, 0.15) is 0 Å². The second-order valence-corrected chi connectivity index (χ2v) is 4.39. The lowest BCUT2D eigenvalue weighted by molar-refractivity contribution is 0.314. The fourth-order valence-corrected chi connectivity index (χ4v) is 1.50. The molecule has 0 bridgehead atoms. The Kier molecular flexibility index (Phi) is 2.54. The molecule has 1 aliphatic carbocycles. The first-order valence-electron chi connectivity index (χ1n) is 5.27. The van der Waals surface area contributed by atoms with Crippen molar-refractivity contribution in [3.63, 3.8) is 0 Å². The van der Waals surface area contributed by atoms with Crippen LogP contribution in [0.5, 0.6) is 0 Å². The highest BCUT2D eigenvalue weighted by Gasteiger charge is 2.26. The van der Waals surface area contributed by atoms with E-state index >= 15 is 0 Å². The molecule has 0 aliphatic heterocycles. The van der Waals surface area contributed by atoms with Crippen LogP contribution in [0.3, 0.4) is 0 Å². The van der Waals surface area contributed by atoms with Crippen molar-refractivity contribution in [1.29, 1.82) is 0 Å². The highest BCUT2D eigenvalue weighted by atomic mass is 16.5. The maximum Gasteiger partial charge on any atom is 0.243 e. The molecular weight excluding hydrogens is 178 g/mol. The minimum atomic E-state index is -0.128. The minimum absolute atomic E-state index is 0.128. The fourth-order valence-electron chi connectivity index (χ4n) is 1.50. The van der Waals surface area contributed by atoms with Gasteiger partial charge in [-0.15, -0.1) is 0 Å². The summed E-state index contributed by atoms with van der Waals surface area (Å²) in [4.78, 5) is 4.35. The zero-order chi connectivity index (χ0) is 10.1. The van der Waals surface area contributed by atoms with Gasteiger partial charge < -0.3 is 10.3 Å². The molecule has 1 aliphatic rings. The first-order chi connectivity index (χ1) is 6.68. The number of nitrogens with two attached hydrogens (primary N) is 1. The van der Waals surface area contributed by atoms with Crippen molar-refractivity contribution in [2.24, 2.45) is 11.7 Å². The van der Waals surface area contributed by atoms with Crippen LogP contribution in [0.4, 0.5) is 0 Å². The lowest BCUT2D eigenvalue weighted by Gasteiger charge is -2.21. The van der Waals surface area contributed by atoms with E-state index in [0.717, 1.165) is 5.82 Å². The quantitative estimate of drug-likeness (QED) is 0.801. The summed E-state index contributed by atoms with van der Waals surface area (Å²) in [7, 11) is 0. The maximum atomic E-state index is 5.91. The van der Waals surface area contributed by atoms with E-state index in [9.17, 15) is 0 Å². The number of hydrogen-bond acceptors (Lipinski definition) is 4. The van der Waals surface area contributed by atoms with Gasteiger partial charge in [0.2, 0.25) is 5.89 Å². The van der Waals surface area contributed by atoms with Crippen LogP contribution < -0.4 is 5.73 Å². The molecule has 0 radical (unpaired) electrons. The van der Waals surface area contributed by atoms with Crippen molar-refractivity contribution in [1.82, 2.24) is 10.1 Å². The fraction of sp³-hybridized carbons (Fsp3) is 0.800. The minimum Gasteiger partial charge on any atom is -0.338 e. The van der Waals surface area contributed by atoms with E-state index in [1.54, 1.807) is 0 Å². The van der Waals surface area contributed by atoms with Crippen molar-refractivity contribution in [2.45, 2.75) is 45.1 Å². The van der Waals surface area contributed by atoms with E-state index < -0.39 is 0 Å². The lowest BCUT2D eigenvalue weighted by atomic mass is 9.85. The maximum absolute atomic E-state index is 5.91. The van der Waals surface area contributed by atoms with E-state index in [-0.39, 0.29) is 6.04 Å². The number of rotatable bonds is 3. The molecule has 1 fully saturated rings. The molecule has 1 aromatic heterocycles. The smallest absolute Gasteiger partial charge is 0.243 e. The first kappa shape index (κ1) is 9.65. The summed E-state index contributed by atoms with van der Waals surface area (Å²) < 4.78 is 5.16. The van der Waals surface area contributed by atoms with Gasteiger partial charge >= 0.3 is 0 Å². The van der Waals surface area contributed by atoms with Gasteiger partial charge in [0.25, 0.3) is 0 Å². The Labute approximate surface area is 83.9 Å². The van der Waals surface area contributed by atoms with Crippen LogP contribution in [0.1, 0.15) is 56.8 Å². The summed E-state index contributed by atoms with van der Waals surface area (Å²) in [5.41, 5.74) is 5.91. The summed E-state index contributed by atoms with van der Waals surface area (Å²) in [6.45, 7) is 4.11. The molecule has 1 atom stereocenters. The summed E-state index contributed by atoms with van der Waals surface area (Å²) in [6.07, 6.45) is 3.66. The molecule has 0 amide bonds. The Morgan fingerprint density at radius 3 is 2.64 bits per heavy atom. The second-order valence-electron chi connectivity index (χ2n) is 4.39. The predicted molar refractivity (Wildman–Crippen MR) is 52.7 cm³/mol. The molecule has 1 aromatic rings. The third-order valence-electron chi connectivity index (χ3n) is 2.93. The SMILES string of the molecule is CC(C)[C@@H](N)c1nc(C2CCC2)no1. The van der Waals surface area contributed by atoms with Crippen molar-refractivity contribution in [2.75, 3.05) is 0 Å². The Bertz CT molecular complexity index is 304. The Morgan fingerprint density at radius 1 is 1.43 bits per heavy atom. The van der Waals surface area contributed by atoms with Gasteiger partial charge in [-0.05, 0) is 18.8 Å². The highest BCUT2D eigenvalue weighted by molar-refractivity contribution is 5.01. The van der Waals surface area contributed by atoms with Crippen LogP contribution in [-0.4, -0.2) is 10.1 Å². The molecule has 0 aromatic carbocycles. The summed E-state index contributed by atoms with van der Waals surface area (Å²) >= 11 is 0. The number of nitrogens with zero attached hydrogens (tertiary/aromatic N) is 2.